The Hall–Kier alpha value is -3.14. The predicted octanol–water partition coefficient (Wildman–Crippen LogP) is 2.42. The number of rotatable bonds is 4. The number of nitrogens with one attached hydrogen (secondary N) is 1. The molecule has 1 saturated carbocycles. The van der Waals surface area contributed by atoms with Crippen molar-refractivity contribution in [2.24, 2.45) is 11.3 Å². The smallest absolute Gasteiger partial charge is 0.408 e. The lowest BCUT2D eigenvalue weighted by molar-refractivity contribution is -0.150. The van der Waals surface area contributed by atoms with Crippen molar-refractivity contribution in [3.63, 3.8) is 0 Å². The number of aromatic nitrogens is 2. The molecule has 1 aromatic heterocycles. The van der Waals surface area contributed by atoms with Gasteiger partial charge in [-0.1, -0.05) is 6.07 Å². The van der Waals surface area contributed by atoms with E-state index in [0.29, 0.717) is 25.4 Å². The van der Waals surface area contributed by atoms with E-state index in [4.69, 9.17) is 0 Å². The van der Waals surface area contributed by atoms with Crippen LogP contribution in [0.5, 0.6) is 0 Å². The van der Waals surface area contributed by atoms with Crippen molar-refractivity contribution in [1.29, 1.82) is 0 Å². The van der Waals surface area contributed by atoms with Crippen molar-refractivity contribution < 1.29 is 24.7 Å². The van der Waals surface area contributed by atoms with Crippen LogP contribution in [0.2, 0.25) is 0 Å². The third-order valence-corrected chi connectivity index (χ3v) is 8.04. The molecule has 2 aromatic rings. The Morgan fingerprint density at radius 3 is 2.56 bits per heavy atom. The Kier molecular flexibility index (Phi) is 5.71. The molecule has 0 unspecified atom stereocenters. The van der Waals surface area contributed by atoms with E-state index >= 15 is 0 Å². The number of carbonyl (C=O) groups is 3. The van der Waals surface area contributed by atoms with E-state index < -0.39 is 24.0 Å². The second kappa shape index (κ2) is 8.57. The van der Waals surface area contributed by atoms with Crippen LogP contribution in [0.4, 0.5) is 4.79 Å². The number of hydrogen-bond acceptors (Lipinski definition) is 5. The number of fused-ring (bicyclic) bond motifs is 1. The van der Waals surface area contributed by atoms with Gasteiger partial charge >= 0.3 is 6.09 Å². The first-order chi connectivity index (χ1) is 16.4. The summed E-state index contributed by atoms with van der Waals surface area (Å²) in [5.41, 5.74) is 4.70. The number of imidazole rings is 1. The molecular formula is C24H31N5O5. The number of hydroxylamine groups is 1. The number of aryl methyl sites for hydroxylation is 1. The van der Waals surface area contributed by atoms with Crippen LogP contribution in [0.25, 0.3) is 11.0 Å². The summed E-state index contributed by atoms with van der Waals surface area (Å²) in [4.78, 5) is 45.3. The SMILES string of the molecule is CCn1cnc2ccc(C3CCN(C(=O)[C@@H]4[C@@H](C(=O)NO)CC5(CC5)CN4C(=O)O)CC3)cc21. The summed E-state index contributed by atoms with van der Waals surface area (Å²) in [6.45, 7) is 4.18. The van der Waals surface area contributed by atoms with Gasteiger partial charge in [-0.05, 0) is 68.1 Å². The number of carbonyl (C=O) groups excluding carboxylic acids is 2. The maximum atomic E-state index is 13.5. The van der Waals surface area contributed by atoms with E-state index in [0.717, 1.165) is 48.2 Å². The third kappa shape index (κ3) is 3.89. The maximum Gasteiger partial charge on any atom is 0.408 e. The quantitative estimate of drug-likeness (QED) is 0.466. The maximum absolute atomic E-state index is 13.5. The summed E-state index contributed by atoms with van der Waals surface area (Å²) in [6.07, 6.45) is 4.26. The molecule has 2 aliphatic heterocycles. The van der Waals surface area contributed by atoms with Gasteiger partial charge in [0.1, 0.15) is 6.04 Å². The van der Waals surface area contributed by atoms with Gasteiger partial charge in [0.25, 0.3) is 0 Å². The zero-order chi connectivity index (χ0) is 24.0. The molecule has 1 aliphatic carbocycles. The van der Waals surface area contributed by atoms with E-state index in [1.807, 2.05) is 12.4 Å². The van der Waals surface area contributed by atoms with Crippen LogP contribution in [-0.2, 0) is 16.1 Å². The molecule has 10 heteroatoms. The van der Waals surface area contributed by atoms with Crippen LogP contribution in [-0.4, -0.2) is 73.2 Å². The van der Waals surface area contributed by atoms with Gasteiger partial charge in [-0.25, -0.2) is 15.3 Å². The van der Waals surface area contributed by atoms with Gasteiger partial charge < -0.3 is 14.6 Å². The molecule has 1 spiro atoms. The number of benzene rings is 1. The topological polar surface area (TPSA) is 128 Å². The summed E-state index contributed by atoms with van der Waals surface area (Å²) >= 11 is 0. The zero-order valence-electron chi connectivity index (χ0n) is 19.3. The normalized spacial score (nSPS) is 24.4. The van der Waals surface area contributed by atoms with Crippen LogP contribution in [0.3, 0.4) is 0 Å². The molecule has 182 valence electrons. The molecule has 3 fully saturated rings. The first-order valence-electron chi connectivity index (χ1n) is 12.0. The van der Waals surface area contributed by atoms with Gasteiger partial charge in [-0.2, -0.15) is 0 Å². The molecular weight excluding hydrogens is 438 g/mol. The molecule has 34 heavy (non-hydrogen) atoms. The van der Waals surface area contributed by atoms with E-state index in [2.05, 4.69) is 28.6 Å². The van der Waals surface area contributed by atoms with Gasteiger partial charge in [0.15, 0.2) is 0 Å². The number of nitrogens with zero attached hydrogens (tertiary/aromatic N) is 4. The summed E-state index contributed by atoms with van der Waals surface area (Å²) in [7, 11) is 0. The standard InChI is InChI=1S/C24H31N5O5/c1-2-27-14-25-18-4-3-16(11-19(18)27)15-5-9-28(10-6-15)22(31)20-17(21(30)26-34)12-24(7-8-24)13-29(20)23(32)33/h3-4,11,14-15,17,20,34H,2,5-10,12-13H2,1H3,(H,26,30)(H,32,33)/t17-,20-/m0/s1. The molecule has 3 N–H and O–H groups in total. The molecule has 5 rings (SSSR count). The van der Waals surface area contributed by atoms with Crippen LogP contribution in [0.15, 0.2) is 24.5 Å². The van der Waals surface area contributed by atoms with Crippen LogP contribution < -0.4 is 5.48 Å². The lowest BCUT2D eigenvalue weighted by Gasteiger charge is -2.44. The minimum absolute atomic E-state index is 0.247. The zero-order valence-corrected chi connectivity index (χ0v) is 19.3. The fourth-order valence-corrected chi connectivity index (χ4v) is 5.87. The highest BCUT2D eigenvalue weighted by atomic mass is 16.5. The minimum Gasteiger partial charge on any atom is -0.465 e. The highest BCUT2D eigenvalue weighted by molar-refractivity contribution is 5.92. The van der Waals surface area contributed by atoms with Crippen LogP contribution in [0.1, 0.15) is 50.5 Å². The number of carboxylic acid groups (broad SMARTS) is 1. The lowest BCUT2D eigenvalue weighted by atomic mass is 9.79. The number of piperidine rings is 2. The van der Waals surface area contributed by atoms with Gasteiger partial charge in [-0.3, -0.25) is 19.7 Å². The van der Waals surface area contributed by atoms with Crippen molar-refractivity contribution in [2.75, 3.05) is 19.6 Å². The Bertz CT molecular complexity index is 1120. The lowest BCUT2D eigenvalue weighted by Crippen LogP contribution is -2.62. The van der Waals surface area contributed by atoms with E-state index in [-0.39, 0.29) is 17.9 Å². The second-order valence-corrected chi connectivity index (χ2v) is 10.0. The molecule has 3 amide bonds. The molecule has 0 bridgehead atoms. The minimum atomic E-state index is -1.20. The highest BCUT2D eigenvalue weighted by Gasteiger charge is 2.57. The van der Waals surface area contributed by atoms with Crippen molar-refractivity contribution >= 4 is 28.9 Å². The fourth-order valence-electron chi connectivity index (χ4n) is 5.87. The fraction of sp³-hybridized carbons (Fsp3) is 0.583. The number of hydrogen-bond donors (Lipinski definition) is 3. The third-order valence-electron chi connectivity index (χ3n) is 8.04. The molecule has 1 aromatic carbocycles. The van der Waals surface area contributed by atoms with Crippen molar-refractivity contribution in [3.05, 3.63) is 30.1 Å². The Labute approximate surface area is 197 Å². The largest absolute Gasteiger partial charge is 0.465 e. The number of amides is 3. The van der Waals surface area contributed by atoms with Crippen LogP contribution >= 0.6 is 0 Å². The van der Waals surface area contributed by atoms with E-state index in [1.165, 1.54) is 5.56 Å². The summed E-state index contributed by atoms with van der Waals surface area (Å²) < 4.78 is 2.11. The molecule has 3 heterocycles. The number of likely N-dealkylation sites (tertiary alicyclic amines) is 2. The molecule has 3 aliphatic rings. The first-order valence-corrected chi connectivity index (χ1v) is 12.0. The van der Waals surface area contributed by atoms with Crippen molar-refractivity contribution in [2.45, 2.75) is 57.5 Å². The van der Waals surface area contributed by atoms with E-state index in [1.54, 1.807) is 10.4 Å². The van der Waals surface area contributed by atoms with Crippen molar-refractivity contribution in [1.82, 2.24) is 24.8 Å². The van der Waals surface area contributed by atoms with Gasteiger partial charge in [0.05, 0.1) is 23.3 Å². The van der Waals surface area contributed by atoms with Crippen LogP contribution in [0, 0.1) is 11.3 Å². The Morgan fingerprint density at radius 1 is 1.21 bits per heavy atom. The molecule has 2 saturated heterocycles. The molecule has 0 radical (unpaired) electrons. The predicted molar refractivity (Wildman–Crippen MR) is 122 cm³/mol. The summed E-state index contributed by atoms with van der Waals surface area (Å²) in [6, 6.07) is 5.20. The Morgan fingerprint density at radius 2 is 1.94 bits per heavy atom. The molecule has 10 nitrogen and oxygen atoms in total. The summed E-state index contributed by atoms with van der Waals surface area (Å²) in [5.74, 6) is -1.63. The molecule has 2 atom stereocenters. The average molecular weight is 470 g/mol. The average Bonchev–Trinajstić information content (AvgIpc) is 3.47. The monoisotopic (exact) mass is 469 g/mol. The van der Waals surface area contributed by atoms with Gasteiger partial charge in [-0.15, -0.1) is 0 Å². The van der Waals surface area contributed by atoms with Gasteiger partial charge in [0, 0.05) is 26.2 Å². The van der Waals surface area contributed by atoms with Crippen molar-refractivity contribution in [3.8, 4) is 0 Å². The second-order valence-electron chi connectivity index (χ2n) is 10.0. The Balaban J connectivity index is 1.32. The highest BCUT2D eigenvalue weighted by Crippen LogP contribution is 2.55. The summed E-state index contributed by atoms with van der Waals surface area (Å²) in [5, 5.41) is 19.1. The first kappa shape index (κ1) is 22.6. The van der Waals surface area contributed by atoms with E-state index in [9.17, 15) is 24.7 Å². The van der Waals surface area contributed by atoms with Gasteiger partial charge in [0.2, 0.25) is 11.8 Å².